The van der Waals surface area contributed by atoms with E-state index in [0.29, 0.717) is 0 Å². The zero-order valence-electron chi connectivity index (χ0n) is 11.4. The Morgan fingerprint density at radius 2 is 1.57 bits per heavy atom. The lowest BCUT2D eigenvalue weighted by Crippen LogP contribution is -2.41. The summed E-state index contributed by atoms with van der Waals surface area (Å²) in [4.78, 5) is 22.6. The van der Waals surface area contributed by atoms with E-state index in [1.807, 2.05) is 11.2 Å². The Labute approximate surface area is 126 Å². The quantitative estimate of drug-likeness (QED) is 0.228. The van der Waals surface area contributed by atoms with Crippen LogP contribution < -0.4 is 10.1 Å². The average Bonchev–Trinajstić information content (AvgIpc) is 2.52. The van der Waals surface area contributed by atoms with Crippen molar-refractivity contribution in [2.24, 2.45) is 0 Å². The third kappa shape index (κ3) is 4.09. The lowest BCUT2D eigenvalue weighted by molar-refractivity contribution is -0.136. The number of ether oxygens (including phenoxy) is 2. The summed E-state index contributed by atoms with van der Waals surface area (Å²) in [5, 5.41) is 1.88. The van der Waals surface area contributed by atoms with Gasteiger partial charge in [0, 0.05) is 0 Å². The first-order valence-corrected chi connectivity index (χ1v) is 5.80. The zero-order valence-corrected chi connectivity index (χ0v) is 11.4. The maximum absolute atomic E-state index is 13.3. The number of halogens is 5. The lowest BCUT2D eigenvalue weighted by Gasteiger charge is -2.14. The number of alkyl carbamates (subject to hydrolysis) is 1. The molecule has 0 aliphatic heterocycles. The molecule has 1 atom stereocenters. The van der Waals surface area contributed by atoms with E-state index in [-0.39, 0.29) is 0 Å². The Morgan fingerprint density at radius 1 is 1.09 bits per heavy atom. The number of hydrogen-bond donors (Lipinski definition) is 1. The van der Waals surface area contributed by atoms with Crippen LogP contribution in [0.25, 0.3) is 0 Å². The summed E-state index contributed by atoms with van der Waals surface area (Å²) in [6, 6.07) is -1.52. The van der Waals surface area contributed by atoms with E-state index in [4.69, 9.17) is 6.42 Å². The van der Waals surface area contributed by atoms with Crippen LogP contribution in [-0.4, -0.2) is 24.7 Å². The first-order chi connectivity index (χ1) is 10.7. The number of carbonyl (C=O) groups excluding carboxylic acids is 2. The minimum absolute atomic E-state index is 0.411. The van der Waals surface area contributed by atoms with Gasteiger partial charge in [-0.15, -0.1) is 6.42 Å². The standard InChI is InChI=1S/C13H8F5NO4/c1-3-4-22-13(21)19-5(2)12(20)23-11-9(17)7(15)6(14)8(16)10(11)18/h1,5H,4H2,2H3,(H,19,21)/t5-/m0/s1. The van der Waals surface area contributed by atoms with Gasteiger partial charge in [-0.25, -0.2) is 22.8 Å². The second-order valence-corrected chi connectivity index (χ2v) is 3.97. The minimum Gasteiger partial charge on any atom is -0.436 e. The van der Waals surface area contributed by atoms with E-state index in [0.717, 1.165) is 6.92 Å². The summed E-state index contributed by atoms with van der Waals surface area (Å²) in [6.45, 7) is 0.608. The summed E-state index contributed by atoms with van der Waals surface area (Å²) in [6.07, 6.45) is 3.66. The highest BCUT2D eigenvalue weighted by atomic mass is 19.2. The Balaban J connectivity index is 2.90. The van der Waals surface area contributed by atoms with Crippen molar-refractivity contribution in [2.75, 3.05) is 6.61 Å². The van der Waals surface area contributed by atoms with Gasteiger partial charge in [-0.05, 0) is 6.92 Å². The Hall–Kier alpha value is -2.83. The van der Waals surface area contributed by atoms with Crippen molar-refractivity contribution < 1.29 is 41.0 Å². The number of benzene rings is 1. The van der Waals surface area contributed by atoms with Crippen molar-refractivity contribution in [1.82, 2.24) is 5.32 Å². The van der Waals surface area contributed by atoms with Crippen LogP contribution >= 0.6 is 0 Å². The molecule has 0 radical (unpaired) electrons. The molecule has 0 spiro atoms. The highest BCUT2D eigenvalue weighted by molar-refractivity contribution is 5.82. The summed E-state index contributed by atoms with van der Waals surface area (Å²) in [5.41, 5.74) is 0. The molecule has 5 nitrogen and oxygen atoms in total. The molecule has 0 heterocycles. The van der Waals surface area contributed by atoms with Gasteiger partial charge in [-0.1, -0.05) is 5.92 Å². The van der Waals surface area contributed by atoms with E-state index in [9.17, 15) is 31.5 Å². The first-order valence-electron chi connectivity index (χ1n) is 5.80. The van der Waals surface area contributed by atoms with E-state index >= 15 is 0 Å². The van der Waals surface area contributed by atoms with Gasteiger partial charge in [0.15, 0.2) is 6.61 Å². The molecule has 0 bridgehead atoms. The van der Waals surface area contributed by atoms with Gasteiger partial charge in [0.25, 0.3) is 0 Å². The minimum atomic E-state index is -2.40. The van der Waals surface area contributed by atoms with Crippen LogP contribution in [0.2, 0.25) is 0 Å². The predicted octanol–water partition coefficient (Wildman–Crippen LogP) is 2.04. The second kappa shape index (κ2) is 7.44. The van der Waals surface area contributed by atoms with Crippen molar-refractivity contribution in [3.05, 3.63) is 29.1 Å². The highest BCUT2D eigenvalue weighted by Crippen LogP contribution is 2.29. The van der Waals surface area contributed by atoms with Crippen LogP contribution in [-0.2, 0) is 9.53 Å². The molecule has 0 saturated carbocycles. The van der Waals surface area contributed by atoms with E-state index in [1.165, 1.54) is 0 Å². The summed E-state index contributed by atoms with van der Waals surface area (Å²) in [5.74, 6) is -12.9. The van der Waals surface area contributed by atoms with Crippen LogP contribution in [0.4, 0.5) is 26.7 Å². The number of carbonyl (C=O) groups is 2. The Morgan fingerprint density at radius 3 is 2.04 bits per heavy atom. The van der Waals surface area contributed by atoms with Crippen molar-refractivity contribution in [2.45, 2.75) is 13.0 Å². The smallest absolute Gasteiger partial charge is 0.408 e. The predicted molar refractivity (Wildman–Crippen MR) is 64.6 cm³/mol. The van der Waals surface area contributed by atoms with Crippen molar-refractivity contribution in [1.29, 1.82) is 0 Å². The molecule has 1 aromatic rings. The summed E-state index contributed by atoms with van der Waals surface area (Å²) in [7, 11) is 0. The van der Waals surface area contributed by atoms with E-state index in [1.54, 1.807) is 0 Å². The molecule has 0 aliphatic carbocycles. The number of rotatable bonds is 4. The maximum Gasteiger partial charge on any atom is 0.408 e. The fourth-order valence-electron chi connectivity index (χ4n) is 1.25. The molecule has 0 saturated heterocycles. The normalized spacial score (nSPS) is 11.3. The molecule has 0 aliphatic rings. The topological polar surface area (TPSA) is 64.6 Å². The summed E-state index contributed by atoms with van der Waals surface area (Å²) < 4.78 is 73.8. The molecular formula is C13H8F5NO4. The first kappa shape index (κ1) is 18.2. The lowest BCUT2D eigenvalue weighted by atomic mass is 10.2. The van der Waals surface area contributed by atoms with Crippen LogP contribution in [0.3, 0.4) is 0 Å². The largest absolute Gasteiger partial charge is 0.436 e. The number of nitrogens with one attached hydrogen (secondary N) is 1. The molecule has 10 heteroatoms. The van der Waals surface area contributed by atoms with Gasteiger partial charge in [-0.2, -0.15) is 8.78 Å². The van der Waals surface area contributed by atoms with Crippen molar-refractivity contribution >= 4 is 12.1 Å². The Bertz CT molecular complexity index is 657. The zero-order chi connectivity index (χ0) is 17.7. The molecule has 1 amide bonds. The number of terminal acetylenes is 1. The molecule has 0 aromatic heterocycles. The highest BCUT2D eigenvalue weighted by Gasteiger charge is 2.30. The van der Waals surface area contributed by atoms with Gasteiger partial charge in [0.05, 0.1) is 0 Å². The molecule has 124 valence electrons. The number of esters is 1. The Kier molecular flexibility index (Phi) is 5.89. The number of amides is 1. The van der Waals surface area contributed by atoms with Gasteiger partial charge in [-0.3, -0.25) is 0 Å². The molecule has 0 fully saturated rings. The number of hydrogen-bond acceptors (Lipinski definition) is 4. The van der Waals surface area contributed by atoms with Gasteiger partial charge < -0.3 is 14.8 Å². The maximum atomic E-state index is 13.3. The summed E-state index contributed by atoms with van der Waals surface area (Å²) >= 11 is 0. The van der Waals surface area contributed by atoms with Gasteiger partial charge >= 0.3 is 12.1 Å². The van der Waals surface area contributed by atoms with Crippen LogP contribution in [0.5, 0.6) is 5.75 Å². The second-order valence-electron chi connectivity index (χ2n) is 3.97. The van der Waals surface area contributed by atoms with Crippen LogP contribution in [0.15, 0.2) is 0 Å². The molecule has 1 rings (SSSR count). The SMILES string of the molecule is C#CCOC(=O)N[C@@H](C)C(=O)Oc1c(F)c(F)c(F)c(F)c1F. The molecule has 23 heavy (non-hydrogen) atoms. The van der Waals surface area contributed by atoms with Gasteiger partial charge in [0.2, 0.25) is 34.8 Å². The average molecular weight is 337 g/mol. The van der Waals surface area contributed by atoms with Crippen LogP contribution in [0.1, 0.15) is 6.92 Å². The molecule has 0 unspecified atom stereocenters. The third-order valence-corrected chi connectivity index (χ3v) is 2.35. The van der Waals surface area contributed by atoms with Crippen LogP contribution in [0, 0.1) is 41.4 Å². The molecule has 1 aromatic carbocycles. The van der Waals surface area contributed by atoms with Crippen molar-refractivity contribution in [3.63, 3.8) is 0 Å². The van der Waals surface area contributed by atoms with Gasteiger partial charge in [0.1, 0.15) is 6.04 Å². The van der Waals surface area contributed by atoms with E-state index < -0.39 is 59.5 Å². The molecule has 1 N–H and O–H groups in total. The van der Waals surface area contributed by atoms with E-state index in [2.05, 4.69) is 9.47 Å². The monoisotopic (exact) mass is 337 g/mol. The third-order valence-electron chi connectivity index (χ3n) is 2.35. The van der Waals surface area contributed by atoms with Crippen molar-refractivity contribution in [3.8, 4) is 18.1 Å². The molecular weight excluding hydrogens is 329 g/mol. The fraction of sp³-hybridized carbons (Fsp3) is 0.231. The fourth-order valence-corrected chi connectivity index (χ4v) is 1.25.